The first-order valence-corrected chi connectivity index (χ1v) is 6.95. The smallest absolute Gasteiger partial charge is 0.336 e. The van der Waals surface area contributed by atoms with E-state index in [2.05, 4.69) is 0 Å². The predicted octanol–water partition coefficient (Wildman–Crippen LogP) is 4.33. The molecule has 0 radical (unpaired) electrons. The molecule has 4 nitrogen and oxygen atoms in total. The Bertz CT molecular complexity index is 754. The van der Waals surface area contributed by atoms with Crippen LogP contribution in [0, 0.1) is 0 Å². The highest BCUT2D eigenvalue weighted by molar-refractivity contribution is 6.32. The van der Waals surface area contributed by atoms with Crippen LogP contribution in [0.25, 0.3) is 11.6 Å². The zero-order valence-electron chi connectivity index (χ0n) is 11.5. The van der Waals surface area contributed by atoms with Gasteiger partial charge in [-0.2, -0.15) is 0 Å². The minimum Gasteiger partial charge on any atom is -0.506 e. The van der Waals surface area contributed by atoms with Crippen LogP contribution in [0.4, 0.5) is 0 Å². The van der Waals surface area contributed by atoms with Gasteiger partial charge in [0.2, 0.25) is 0 Å². The van der Waals surface area contributed by atoms with Gasteiger partial charge in [0.1, 0.15) is 11.5 Å². The highest BCUT2D eigenvalue weighted by Gasteiger charge is 2.16. The van der Waals surface area contributed by atoms with E-state index in [1.165, 1.54) is 31.4 Å². The minimum atomic E-state index is -1.13. The van der Waals surface area contributed by atoms with Crippen molar-refractivity contribution in [1.82, 2.24) is 0 Å². The first kappa shape index (κ1) is 16.2. The third kappa shape index (κ3) is 3.53. The van der Waals surface area contributed by atoms with Crippen LogP contribution in [0.1, 0.15) is 11.1 Å². The molecular weight excluding hydrogens is 327 g/mol. The van der Waals surface area contributed by atoms with E-state index in [0.717, 1.165) is 0 Å². The van der Waals surface area contributed by atoms with E-state index in [-0.39, 0.29) is 16.3 Å². The Labute approximate surface area is 137 Å². The molecule has 0 heterocycles. The largest absolute Gasteiger partial charge is 0.506 e. The number of methoxy groups -OCH3 is 1. The van der Waals surface area contributed by atoms with E-state index in [4.69, 9.17) is 27.9 Å². The number of ether oxygens (including phenoxy) is 1. The summed E-state index contributed by atoms with van der Waals surface area (Å²) in [4.78, 5) is 11.6. The van der Waals surface area contributed by atoms with Gasteiger partial charge in [-0.1, -0.05) is 29.3 Å². The second-order valence-electron chi connectivity index (χ2n) is 4.42. The van der Waals surface area contributed by atoms with Gasteiger partial charge in [0, 0.05) is 10.6 Å². The number of phenolic OH excluding ortho intramolecular Hbond substituents is 1. The number of hydrogen-bond acceptors (Lipinski definition) is 3. The molecule has 0 fully saturated rings. The molecule has 0 aromatic heterocycles. The van der Waals surface area contributed by atoms with Crippen molar-refractivity contribution < 1.29 is 19.7 Å². The van der Waals surface area contributed by atoms with Gasteiger partial charge in [-0.3, -0.25) is 0 Å². The van der Waals surface area contributed by atoms with Gasteiger partial charge in [0.15, 0.2) is 0 Å². The van der Waals surface area contributed by atoms with Gasteiger partial charge < -0.3 is 14.9 Å². The molecule has 22 heavy (non-hydrogen) atoms. The summed E-state index contributed by atoms with van der Waals surface area (Å²) < 4.78 is 5.18. The molecule has 0 aliphatic carbocycles. The topological polar surface area (TPSA) is 66.8 Å². The third-order valence-electron chi connectivity index (χ3n) is 2.96. The average molecular weight is 339 g/mol. The van der Waals surface area contributed by atoms with Crippen molar-refractivity contribution in [1.29, 1.82) is 0 Å². The van der Waals surface area contributed by atoms with Crippen LogP contribution in [0.2, 0.25) is 10.0 Å². The molecule has 0 aliphatic rings. The Morgan fingerprint density at radius 3 is 2.50 bits per heavy atom. The highest BCUT2D eigenvalue weighted by Crippen LogP contribution is 2.32. The molecule has 0 saturated carbocycles. The lowest BCUT2D eigenvalue weighted by molar-refractivity contribution is -0.130. The van der Waals surface area contributed by atoms with Crippen molar-refractivity contribution >= 4 is 40.8 Å². The zero-order chi connectivity index (χ0) is 16.3. The molecule has 0 unspecified atom stereocenters. The first-order chi connectivity index (χ1) is 10.4. The normalized spacial score (nSPS) is 11.3. The van der Waals surface area contributed by atoms with Crippen LogP contribution in [0.3, 0.4) is 0 Å². The van der Waals surface area contributed by atoms with E-state index in [0.29, 0.717) is 21.9 Å². The van der Waals surface area contributed by atoms with E-state index in [1.54, 1.807) is 18.2 Å². The average Bonchev–Trinajstić information content (AvgIpc) is 2.48. The minimum absolute atomic E-state index is 0.00102. The Morgan fingerprint density at radius 2 is 1.91 bits per heavy atom. The van der Waals surface area contributed by atoms with E-state index >= 15 is 0 Å². The lowest BCUT2D eigenvalue weighted by Gasteiger charge is -2.10. The summed E-state index contributed by atoms with van der Waals surface area (Å²) >= 11 is 11.8. The second-order valence-corrected chi connectivity index (χ2v) is 5.26. The van der Waals surface area contributed by atoms with Crippen molar-refractivity contribution in [2.75, 3.05) is 7.11 Å². The SMILES string of the molecule is COc1ccc(Cl)cc1/C(=C/c1ccc(O)c(Cl)c1)C(=O)O. The van der Waals surface area contributed by atoms with Crippen molar-refractivity contribution in [3.63, 3.8) is 0 Å². The highest BCUT2D eigenvalue weighted by atomic mass is 35.5. The Hall–Kier alpha value is -2.17. The standard InChI is InChI=1S/C16H12Cl2O4/c1-22-15-5-3-10(17)8-11(15)12(16(20)21)6-9-2-4-14(19)13(18)7-9/h2-8,19H,1H3,(H,20,21)/b12-6-. The Morgan fingerprint density at radius 1 is 1.18 bits per heavy atom. The monoisotopic (exact) mass is 338 g/mol. The number of hydrogen-bond donors (Lipinski definition) is 2. The van der Waals surface area contributed by atoms with Crippen molar-refractivity contribution in [2.24, 2.45) is 0 Å². The summed E-state index contributed by atoms with van der Waals surface area (Å²) in [6.45, 7) is 0. The summed E-state index contributed by atoms with van der Waals surface area (Å²) in [6.07, 6.45) is 1.43. The van der Waals surface area contributed by atoms with Crippen LogP contribution < -0.4 is 4.74 Å². The number of aliphatic carboxylic acids is 1. The lowest BCUT2D eigenvalue weighted by atomic mass is 10.0. The fourth-order valence-corrected chi connectivity index (χ4v) is 2.29. The number of phenols is 1. The maximum atomic E-state index is 11.6. The fraction of sp³-hybridized carbons (Fsp3) is 0.0625. The number of halogens is 2. The Balaban J connectivity index is 2.59. The number of rotatable bonds is 4. The van der Waals surface area contributed by atoms with Crippen LogP contribution in [0.5, 0.6) is 11.5 Å². The molecule has 0 atom stereocenters. The molecular formula is C16H12Cl2O4. The number of benzene rings is 2. The molecule has 2 aromatic rings. The number of aromatic hydroxyl groups is 1. The predicted molar refractivity (Wildman–Crippen MR) is 86.6 cm³/mol. The summed E-state index contributed by atoms with van der Waals surface area (Å²) in [7, 11) is 1.45. The third-order valence-corrected chi connectivity index (χ3v) is 3.50. The molecule has 2 rings (SSSR count). The van der Waals surface area contributed by atoms with Gasteiger partial charge >= 0.3 is 5.97 Å². The summed E-state index contributed by atoms with van der Waals surface area (Å²) in [5.41, 5.74) is 0.884. The van der Waals surface area contributed by atoms with Crippen LogP contribution in [-0.2, 0) is 4.79 Å². The number of carboxylic acids is 1. The molecule has 6 heteroatoms. The van der Waals surface area contributed by atoms with Crippen LogP contribution >= 0.6 is 23.2 Å². The molecule has 0 saturated heterocycles. The summed E-state index contributed by atoms with van der Waals surface area (Å²) in [5, 5.41) is 19.4. The zero-order valence-corrected chi connectivity index (χ0v) is 13.0. The van der Waals surface area contributed by atoms with E-state index in [9.17, 15) is 15.0 Å². The van der Waals surface area contributed by atoms with E-state index < -0.39 is 5.97 Å². The molecule has 0 spiro atoms. The van der Waals surface area contributed by atoms with Gasteiger partial charge in [-0.15, -0.1) is 0 Å². The van der Waals surface area contributed by atoms with Gasteiger partial charge in [0.05, 0.1) is 17.7 Å². The molecule has 0 aliphatic heterocycles. The van der Waals surface area contributed by atoms with Crippen molar-refractivity contribution in [3.05, 3.63) is 57.6 Å². The lowest BCUT2D eigenvalue weighted by Crippen LogP contribution is -2.02. The molecule has 0 amide bonds. The molecule has 2 N–H and O–H groups in total. The van der Waals surface area contributed by atoms with Crippen molar-refractivity contribution in [3.8, 4) is 11.5 Å². The van der Waals surface area contributed by atoms with E-state index in [1.807, 2.05) is 0 Å². The van der Waals surface area contributed by atoms with Crippen LogP contribution in [-0.4, -0.2) is 23.3 Å². The summed E-state index contributed by atoms with van der Waals surface area (Å²) in [5.74, 6) is -0.816. The molecule has 0 bridgehead atoms. The van der Waals surface area contributed by atoms with Gasteiger partial charge in [0.25, 0.3) is 0 Å². The summed E-state index contributed by atoms with van der Waals surface area (Å²) in [6, 6.07) is 9.14. The number of carbonyl (C=O) groups is 1. The first-order valence-electron chi connectivity index (χ1n) is 6.20. The van der Waals surface area contributed by atoms with Gasteiger partial charge in [-0.25, -0.2) is 4.79 Å². The molecule has 114 valence electrons. The number of carboxylic acid groups (broad SMARTS) is 1. The maximum Gasteiger partial charge on any atom is 0.336 e. The maximum absolute atomic E-state index is 11.6. The fourth-order valence-electron chi connectivity index (χ4n) is 1.92. The molecule has 2 aromatic carbocycles. The van der Waals surface area contributed by atoms with Gasteiger partial charge in [-0.05, 0) is 42.0 Å². The quantitative estimate of drug-likeness (QED) is 0.643. The second kappa shape index (κ2) is 6.73. The van der Waals surface area contributed by atoms with Crippen LogP contribution in [0.15, 0.2) is 36.4 Å². The van der Waals surface area contributed by atoms with Crippen molar-refractivity contribution in [2.45, 2.75) is 0 Å². The Kier molecular flexibility index (Phi) is 4.96.